The fourth-order valence-corrected chi connectivity index (χ4v) is 0. The standard InChI is InChI=1S/Ca.4ClH.K.Mg.Na.6H/h;4*1H;;;;;;;;;. The third-order valence-corrected chi connectivity index (χ3v) is 0. The van der Waals surface area contributed by atoms with E-state index in [0.29, 0.717) is 0 Å². The first-order valence-electron chi connectivity index (χ1n) is 0. The molecule has 0 unspecified atom stereocenters. The second kappa shape index (κ2) is 52.9. The van der Waals surface area contributed by atoms with Gasteiger partial charge in [-0.3, -0.25) is 0 Å². The van der Waals surface area contributed by atoms with Crippen LogP contribution in [0, 0.1) is 0 Å². The van der Waals surface area contributed by atoms with Gasteiger partial charge in [0.2, 0.25) is 0 Å². The Bertz CT molecular complexity index is 16.0. The van der Waals surface area contributed by atoms with Crippen LogP contribution in [0.5, 0.6) is 0 Å². The summed E-state index contributed by atoms with van der Waals surface area (Å²) < 4.78 is 0. The summed E-state index contributed by atoms with van der Waals surface area (Å²) in [5.74, 6) is 0. The Hall–Kier alpha value is 5.82. The molecule has 0 aliphatic carbocycles. The summed E-state index contributed by atoms with van der Waals surface area (Å²) in [7, 11) is 0. The van der Waals surface area contributed by atoms with Gasteiger partial charge in [0.1, 0.15) is 0 Å². The second-order valence-corrected chi connectivity index (χ2v) is 0. The van der Waals surface area contributed by atoms with Crippen molar-refractivity contribution >= 4 is 191 Å². The summed E-state index contributed by atoms with van der Waals surface area (Å²) >= 11 is 0. The van der Waals surface area contributed by atoms with Crippen LogP contribution in [0.3, 0.4) is 0 Å². The van der Waals surface area contributed by atoms with E-state index in [1.165, 1.54) is 0 Å². The number of hydrogen-bond donors (Lipinski definition) is 0. The van der Waals surface area contributed by atoms with Crippen molar-refractivity contribution in [1.82, 2.24) is 0 Å². The monoisotopic (exact) mass is 276 g/mol. The molecular weight excluding hydrogens is 268 g/mol. The Kier molecular flexibility index (Phi) is 443. The molecule has 0 radical (unpaired) electrons. The van der Waals surface area contributed by atoms with E-state index in [2.05, 4.69) is 0 Å². The van der Waals surface area contributed by atoms with Crippen molar-refractivity contribution in [2.45, 2.75) is 0 Å². The Morgan fingerprint density at radius 1 is 0.625 bits per heavy atom. The molecule has 8 heavy (non-hydrogen) atoms. The molecule has 0 aliphatic rings. The second-order valence-electron chi connectivity index (χ2n) is 0. The Morgan fingerprint density at radius 2 is 0.625 bits per heavy atom. The molecule has 0 aromatic rings. The first-order chi connectivity index (χ1) is 0. The fraction of sp³-hybridized carbons (Fsp3) is 0. The van der Waals surface area contributed by atoms with E-state index >= 15 is 0 Å². The van der Waals surface area contributed by atoms with Crippen LogP contribution in [0.4, 0.5) is 0 Å². The maximum atomic E-state index is 0. The molecule has 0 N–H and O–H groups in total. The molecule has 0 saturated heterocycles. The van der Waals surface area contributed by atoms with Gasteiger partial charge in [-0.1, -0.05) is 0 Å². The molecule has 8 heteroatoms. The first kappa shape index (κ1) is 67.0. The predicted octanol–water partition coefficient (Wildman–Crippen LogP) is -1.44. The van der Waals surface area contributed by atoms with Crippen molar-refractivity contribution in [2.24, 2.45) is 0 Å². The van der Waals surface area contributed by atoms with Crippen molar-refractivity contribution < 1.29 is 0 Å². The summed E-state index contributed by atoms with van der Waals surface area (Å²) in [6, 6.07) is 0. The van der Waals surface area contributed by atoms with Gasteiger partial charge in [-0.2, -0.15) is 0 Å². The van der Waals surface area contributed by atoms with Crippen molar-refractivity contribution in [1.29, 1.82) is 0 Å². The molecule has 0 nitrogen and oxygen atoms in total. The van der Waals surface area contributed by atoms with Crippen LogP contribution in [0.25, 0.3) is 0 Å². The molecule has 0 heterocycles. The van der Waals surface area contributed by atoms with Crippen LogP contribution in [0.2, 0.25) is 0 Å². The summed E-state index contributed by atoms with van der Waals surface area (Å²) in [5, 5.41) is 0. The molecule has 0 rings (SSSR count). The van der Waals surface area contributed by atoms with Gasteiger partial charge in [0.25, 0.3) is 0 Å². The van der Waals surface area contributed by atoms with Gasteiger partial charge in [0.15, 0.2) is 0 Å². The van der Waals surface area contributed by atoms with Gasteiger partial charge in [-0.05, 0) is 0 Å². The van der Waals surface area contributed by atoms with Gasteiger partial charge in [0, 0.05) is 0 Å². The van der Waals surface area contributed by atoms with E-state index in [1.807, 2.05) is 0 Å². The zero-order chi connectivity index (χ0) is 0. The maximum absolute atomic E-state index is 0. The predicted molar refractivity (Wildman–Crippen MR) is 60.4 cm³/mol. The molecule has 0 saturated carbocycles. The molecule has 0 bridgehead atoms. The average molecular weight is 278 g/mol. The van der Waals surface area contributed by atoms with E-state index in [1.54, 1.807) is 0 Å². The molecule has 0 fully saturated rings. The van der Waals surface area contributed by atoms with E-state index in [9.17, 15) is 0 Å². The molecule has 0 aromatic carbocycles. The Balaban J connectivity index is 0. The van der Waals surface area contributed by atoms with Gasteiger partial charge in [-0.15, -0.1) is 49.6 Å². The molecule has 0 spiro atoms. The molecule has 0 amide bonds. The van der Waals surface area contributed by atoms with Gasteiger partial charge < -0.3 is 0 Å². The van der Waals surface area contributed by atoms with Crippen molar-refractivity contribution in [3.63, 3.8) is 0 Å². The van der Waals surface area contributed by atoms with E-state index in [0.717, 1.165) is 0 Å². The third-order valence-electron chi connectivity index (χ3n) is 0. The minimum absolute atomic E-state index is 0. The SMILES string of the molecule is Cl.Cl.Cl.Cl.[CaH2].[KH].[MgH2].[NaH]. The summed E-state index contributed by atoms with van der Waals surface area (Å²) in [4.78, 5) is 0. The molecule has 0 aliphatic heterocycles. The van der Waals surface area contributed by atoms with Crippen LogP contribution in [-0.2, 0) is 0 Å². The summed E-state index contributed by atoms with van der Waals surface area (Å²) in [6.07, 6.45) is 0. The molecule has 0 aromatic heterocycles. The average Bonchev–Trinajstić information content (AvgIpc) is 0. The minimum atomic E-state index is 0. The Labute approximate surface area is 186 Å². The topological polar surface area (TPSA) is 0 Å². The van der Waals surface area contributed by atoms with Crippen molar-refractivity contribution in [3.8, 4) is 0 Å². The van der Waals surface area contributed by atoms with Crippen LogP contribution < -0.4 is 0 Å². The molecular formula is H10CaCl4KMgNa. The van der Waals surface area contributed by atoms with Gasteiger partial charge >= 0.3 is 142 Å². The Morgan fingerprint density at radius 3 is 0.625 bits per heavy atom. The normalized spacial score (nSPS) is 0. The quantitative estimate of drug-likeness (QED) is 0.476. The van der Waals surface area contributed by atoms with Crippen LogP contribution in [0.1, 0.15) is 0 Å². The van der Waals surface area contributed by atoms with Gasteiger partial charge in [-0.25, -0.2) is 0 Å². The number of rotatable bonds is 0. The van der Waals surface area contributed by atoms with E-state index < -0.39 is 0 Å². The van der Waals surface area contributed by atoms with Crippen molar-refractivity contribution in [3.05, 3.63) is 0 Å². The van der Waals surface area contributed by atoms with Gasteiger partial charge in [0.05, 0.1) is 0 Å². The number of halogens is 4. The molecule has 44 valence electrons. The summed E-state index contributed by atoms with van der Waals surface area (Å²) in [5.41, 5.74) is 0. The van der Waals surface area contributed by atoms with Crippen LogP contribution in [-0.4, -0.2) is 142 Å². The third kappa shape index (κ3) is 40.8. The first-order valence-corrected chi connectivity index (χ1v) is 0. The summed E-state index contributed by atoms with van der Waals surface area (Å²) in [6.45, 7) is 0. The fourth-order valence-electron chi connectivity index (χ4n) is 0. The van der Waals surface area contributed by atoms with Crippen LogP contribution >= 0.6 is 49.6 Å². The van der Waals surface area contributed by atoms with E-state index in [4.69, 9.17) is 0 Å². The van der Waals surface area contributed by atoms with Crippen molar-refractivity contribution in [2.75, 3.05) is 0 Å². The van der Waals surface area contributed by atoms with Crippen LogP contribution in [0.15, 0.2) is 0 Å². The number of hydrogen-bond acceptors (Lipinski definition) is 0. The van der Waals surface area contributed by atoms with E-state index in [-0.39, 0.29) is 191 Å². The molecule has 0 atom stereocenters. The zero-order valence-corrected chi connectivity index (χ0v) is 4.90. The zero-order valence-electron chi connectivity index (χ0n) is 1.63.